The molecule has 0 aromatic heterocycles. The number of ether oxygens (including phenoxy) is 1. The normalized spacial score (nSPS) is 10.6. The van der Waals surface area contributed by atoms with Gasteiger partial charge >= 0.3 is 5.97 Å². The molecule has 0 fully saturated rings. The van der Waals surface area contributed by atoms with Crippen LogP contribution in [0.5, 0.6) is 0 Å². The molecule has 0 N–H and O–H groups in total. The molecule has 0 unspecified atom stereocenters. The highest BCUT2D eigenvalue weighted by Gasteiger charge is 2.11. The molecule has 0 saturated heterocycles. The van der Waals surface area contributed by atoms with E-state index in [0.717, 1.165) is 9.13 Å². The van der Waals surface area contributed by atoms with E-state index >= 15 is 0 Å². The van der Waals surface area contributed by atoms with Gasteiger partial charge in [-0.3, -0.25) is 0 Å². The Labute approximate surface area is 134 Å². The Morgan fingerprint density at radius 2 is 1.90 bits per heavy atom. The van der Waals surface area contributed by atoms with E-state index in [-0.39, 0.29) is 5.97 Å². The molecular weight excluding hydrogens is 379 g/mol. The quantitative estimate of drug-likeness (QED) is 0.449. The number of hydrogen-bond acceptors (Lipinski definition) is 2. The van der Waals surface area contributed by atoms with Gasteiger partial charge in [-0.05, 0) is 40.3 Å². The molecule has 0 spiro atoms. The summed E-state index contributed by atoms with van der Waals surface area (Å²) in [5, 5.41) is 1.36. The third-order valence-electron chi connectivity index (χ3n) is 2.97. The van der Waals surface area contributed by atoms with E-state index in [2.05, 4.69) is 47.8 Å². The van der Waals surface area contributed by atoms with Gasteiger partial charge in [0.1, 0.15) is 6.61 Å². The fraction of sp³-hybridized carbons (Fsp3) is 0.188. The van der Waals surface area contributed by atoms with E-state index in [1.165, 1.54) is 5.19 Å². The maximum absolute atomic E-state index is 12.0. The van der Waals surface area contributed by atoms with Crippen LogP contribution in [0.3, 0.4) is 0 Å². The Bertz CT molecular complexity index is 611. The van der Waals surface area contributed by atoms with Gasteiger partial charge in [-0.2, -0.15) is 0 Å². The Balaban J connectivity index is 2.04. The third kappa shape index (κ3) is 3.93. The lowest BCUT2D eigenvalue weighted by atomic mass is 10.2. The van der Waals surface area contributed by atoms with E-state index in [9.17, 15) is 4.79 Å². The Kier molecular flexibility index (Phi) is 5.36. The molecule has 0 atom stereocenters. The molecule has 0 heterocycles. The predicted molar refractivity (Wildman–Crippen MR) is 91.8 cm³/mol. The van der Waals surface area contributed by atoms with Gasteiger partial charge in [0.15, 0.2) is 0 Å². The summed E-state index contributed by atoms with van der Waals surface area (Å²) in [6.07, 6.45) is 0. The van der Waals surface area contributed by atoms with Crippen LogP contribution in [0.25, 0.3) is 0 Å². The van der Waals surface area contributed by atoms with E-state index in [4.69, 9.17) is 4.74 Å². The zero-order chi connectivity index (χ0) is 14.5. The molecule has 1 radical (unpaired) electrons. The molecule has 0 aliphatic carbocycles. The summed E-state index contributed by atoms with van der Waals surface area (Å²) in [6.45, 7) is 4.83. The van der Waals surface area contributed by atoms with Crippen LogP contribution in [0.2, 0.25) is 13.1 Å². The molecule has 2 aromatic rings. The first-order chi connectivity index (χ1) is 9.58. The van der Waals surface area contributed by atoms with Crippen LogP contribution >= 0.6 is 22.6 Å². The highest BCUT2D eigenvalue weighted by Crippen LogP contribution is 2.13. The van der Waals surface area contributed by atoms with Crippen molar-refractivity contribution in [3.8, 4) is 0 Å². The van der Waals surface area contributed by atoms with Gasteiger partial charge < -0.3 is 4.74 Å². The van der Waals surface area contributed by atoms with E-state index in [1.54, 1.807) is 6.07 Å². The van der Waals surface area contributed by atoms with Crippen LogP contribution in [-0.2, 0) is 11.3 Å². The molecule has 0 saturated carbocycles. The Morgan fingerprint density at radius 1 is 1.15 bits per heavy atom. The summed E-state index contributed by atoms with van der Waals surface area (Å²) < 4.78 is 6.31. The van der Waals surface area contributed by atoms with E-state index in [1.807, 2.05) is 30.3 Å². The fourth-order valence-electron chi connectivity index (χ4n) is 1.83. The number of carbonyl (C=O) groups is 1. The molecule has 2 nitrogen and oxygen atoms in total. The molecule has 0 aliphatic rings. The maximum Gasteiger partial charge on any atom is 0.339 e. The van der Waals surface area contributed by atoms with Crippen molar-refractivity contribution in [2.45, 2.75) is 19.7 Å². The fourth-order valence-corrected chi connectivity index (χ4v) is 3.34. The summed E-state index contributed by atoms with van der Waals surface area (Å²) in [4.78, 5) is 12.0. The van der Waals surface area contributed by atoms with Crippen LogP contribution in [0.4, 0.5) is 0 Å². The first kappa shape index (κ1) is 15.2. The second kappa shape index (κ2) is 7.03. The molecule has 0 aliphatic heterocycles. The van der Waals surface area contributed by atoms with Crippen molar-refractivity contribution >= 4 is 42.5 Å². The van der Waals surface area contributed by atoms with E-state index in [0.29, 0.717) is 12.2 Å². The molecule has 0 amide bonds. The standard InChI is InChI=1S/C16H16IO2Si/c1-20(2)13-7-5-6-12(10-13)11-19-16(18)14-8-3-4-9-15(14)17/h3-10H,11H2,1-2H3. The molecule has 103 valence electrons. The second-order valence-electron chi connectivity index (χ2n) is 4.76. The molecule has 0 bridgehead atoms. The third-order valence-corrected chi connectivity index (χ3v) is 5.37. The van der Waals surface area contributed by atoms with Gasteiger partial charge in [0.25, 0.3) is 0 Å². The number of esters is 1. The molecule has 2 rings (SSSR count). The first-order valence-corrected chi connectivity index (χ1v) is 9.97. The minimum Gasteiger partial charge on any atom is -0.457 e. The van der Waals surface area contributed by atoms with Crippen molar-refractivity contribution in [1.82, 2.24) is 0 Å². The van der Waals surface area contributed by atoms with Crippen molar-refractivity contribution in [3.05, 3.63) is 63.2 Å². The van der Waals surface area contributed by atoms with Gasteiger partial charge in [-0.15, -0.1) is 0 Å². The Hall–Kier alpha value is -1.14. The van der Waals surface area contributed by atoms with Gasteiger partial charge in [0, 0.05) is 3.57 Å². The van der Waals surface area contributed by atoms with E-state index < -0.39 is 8.80 Å². The van der Waals surface area contributed by atoms with Gasteiger partial charge in [0.2, 0.25) is 0 Å². The van der Waals surface area contributed by atoms with Crippen LogP contribution in [0.15, 0.2) is 48.5 Å². The van der Waals surface area contributed by atoms with Gasteiger partial charge in [-0.25, -0.2) is 4.79 Å². The topological polar surface area (TPSA) is 26.3 Å². The highest BCUT2D eigenvalue weighted by atomic mass is 127. The molecule has 20 heavy (non-hydrogen) atoms. The summed E-state index contributed by atoms with van der Waals surface area (Å²) in [7, 11) is -0.472. The highest BCUT2D eigenvalue weighted by molar-refractivity contribution is 14.1. The SMILES string of the molecule is C[Si](C)c1cccc(COC(=O)c2ccccc2I)c1. The zero-order valence-electron chi connectivity index (χ0n) is 11.5. The summed E-state index contributed by atoms with van der Waals surface area (Å²) >= 11 is 2.15. The second-order valence-corrected chi connectivity index (χ2v) is 8.50. The molecular formula is C16H16IO2Si. The molecule has 4 heteroatoms. The minimum atomic E-state index is -0.472. The number of halogens is 1. The monoisotopic (exact) mass is 395 g/mol. The van der Waals surface area contributed by atoms with Crippen LogP contribution in [-0.4, -0.2) is 14.8 Å². The average molecular weight is 395 g/mol. The number of carbonyl (C=O) groups excluding carboxylic acids is 1. The number of benzene rings is 2. The summed E-state index contributed by atoms with van der Waals surface area (Å²) in [6, 6.07) is 15.8. The zero-order valence-corrected chi connectivity index (χ0v) is 14.7. The largest absolute Gasteiger partial charge is 0.457 e. The van der Waals surface area contributed by atoms with Crippen molar-refractivity contribution in [3.63, 3.8) is 0 Å². The lowest BCUT2D eigenvalue weighted by Gasteiger charge is -2.09. The maximum atomic E-state index is 12.0. The summed E-state index contributed by atoms with van der Waals surface area (Å²) in [5.74, 6) is -0.265. The summed E-state index contributed by atoms with van der Waals surface area (Å²) in [5.41, 5.74) is 1.67. The minimum absolute atomic E-state index is 0.265. The Morgan fingerprint density at radius 3 is 2.60 bits per heavy atom. The smallest absolute Gasteiger partial charge is 0.339 e. The number of rotatable bonds is 4. The lowest BCUT2D eigenvalue weighted by Crippen LogP contribution is -2.22. The van der Waals surface area contributed by atoms with Gasteiger partial charge in [0.05, 0.1) is 14.4 Å². The van der Waals surface area contributed by atoms with Crippen molar-refractivity contribution in [2.75, 3.05) is 0 Å². The predicted octanol–water partition coefficient (Wildman–Crippen LogP) is 3.61. The molecule has 2 aromatic carbocycles. The van der Waals surface area contributed by atoms with Crippen molar-refractivity contribution in [2.24, 2.45) is 0 Å². The van der Waals surface area contributed by atoms with Crippen molar-refractivity contribution in [1.29, 1.82) is 0 Å². The van der Waals surface area contributed by atoms with Crippen LogP contribution in [0, 0.1) is 3.57 Å². The van der Waals surface area contributed by atoms with Crippen LogP contribution in [0.1, 0.15) is 15.9 Å². The van der Waals surface area contributed by atoms with Crippen molar-refractivity contribution < 1.29 is 9.53 Å². The van der Waals surface area contributed by atoms with Gasteiger partial charge in [-0.1, -0.05) is 54.7 Å². The average Bonchev–Trinajstić information content (AvgIpc) is 2.45. The lowest BCUT2D eigenvalue weighted by molar-refractivity contribution is 0.0471. The van der Waals surface area contributed by atoms with Crippen LogP contribution < -0.4 is 5.19 Å². The number of hydrogen-bond donors (Lipinski definition) is 0. The first-order valence-electron chi connectivity index (χ1n) is 6.39.